The largest absolute Gasteiger partial charge is 0.382 e. The first kappa shape index (κ1) is 12.8. The van der Waals surface area contributed by atoms with E-state index in [4.69, 9.17) is 10.3 Å². The van der Waals surface area contributed by atoms with Crippen molar-refractivity contribution in [1.82, 2.24) is 14.5 Å². The fraction of sp³-hybridized carbons (Fsp3) is 0.375. The van der Waals surface area contributed by atoms with Gasteiger partial charge in [-0.25, -0.2) is 8.42 Å². The monoisotopic (exact) mass is 289 g/mol. The molecule has 18 heavy (non-hydrogen) atoms. The first-order chi connectivity index (χ1) is 8.38. The Morgan fingerprint density at radius 1 is 1.50 bits per heavy atom. The van der Waals surface area contributed by atoms with Gasteiger partial charge in [0.1, 0.15) is 9.90 Å². The summed E-state index contributed by atoms with van der Waals surface area (Å²) in [6.45, 7) is 1.91. The third-order valence-corrected chi connectivity index (χ3v) is 4.12. The lowest BCUT2D eigenvalue weighted by molar-refractivity contribution is 0.388. The Balaban J connectivity index is 2.20. The molecule has 0 unspecified atom stereocenters. The van der Waals surface area contributed by atoms with Crippen molar-refractivity contribution in [2.24, 2.45) is 0 Å². The number of nitrogens with zero attached hydrogens (tertiary/aromatic N) is 3. The van der Waals surface area contributed by atoms with E-state index >= 15 is 0 Å². The quantitative estimate of drug-likeness (QED) is 0.830. The Bertz CT molecular complexity index is 660. The highest BCUT2D eigenvalue weighted by Crippen LogP contribution is 2.31. The molecule has 2 rings (SSSR count). The molecule has 0 bridgehead atoms. The van der Waals surface area contributed by atoms with Crippen molar-refractivity contribution >= 4 is 32.2 Å². The van der Waals surface area contributed by atoms with Crippen LogP contribution in [0.5, 0.6) is 0 Å². The van der Waals surface area contributed by atoms with Crippen LogP contribution in [0.4, 0.5) is 10.8 Å². The zero-order chi connectivity index (χ0) is 13.3. The topological polar surface area (TPSA) is 124 Å². The van der Waals surface area contributed by atoms with Gasteiger partial charge in [-0.15, -0.1) is 0 Å². The molecule has 0 aromatic carbocycles. The minimum Gasteiger partial charge on any atom is -0.382 e. The van der Waals surface area contributed by atoms with E-state index in [0.717, 1.165) is 17.8 Å². The number of nitrogens with one attached hydrogen (secondary N) is 1. The number of rotatable bonds is 4. The maximum atomic E-state index is 11.5. The van der Waals surface area contributed by atoms with Gasteiger partial charge in [-0.2, -0.15) is 9.36 Å². The van der Waals surface area contributed by atoms with E-state index in [9.17, 15) is 8.42 Å². The van der Waals surface area contributed by atoms with Gasteiger partial charge in [0, 0.05) is 13.2 Å². The first-order valence-electron chi connectivity index (χ1n) is 4.86. The van der Waals surface area contributed by atoms with Crippen molar-refractivity contribution in [2.75, 3.05) is 17.3 Å². The highest BCUT2D eigenvalue weighted by atomic mass is 32.2. The number of aromatic nitrogens is 3. The molecule has 2 aromatic rings. The Kier molecular flexibility index (Phi) is 3.22. The molecule has 10 heteroatoms. The molecule has 0 atom stereocenters. The maximum absolute atomic E-state index is 11.5. The summed E-state index contributed by atoms with van der Waals surface area (Å²) in [6.07, 6.45) is 1.08. The number of nitrogen functional groups attached to an aromatic ring is 1. The number of sulfone groups is 1. The van der Waals surface area contributed by atoms with E-state index in [2.05, 4.69) is 19.8 Å². The number of aryl methyl sites for hydroxylation is 1. The average Bonchev–Trinajstić information content (AvgIpc) is 2.81. The minimum atomic E-state index is -3.42. The van der Waals surface area contributed by atoms with Gasteiger partial charge in [0.15, 0.2) is 21.5 Å². The van der Waals surface area contributed by atoms with E-state index < -0.39 is 9.84 Å². The van der Waals surface area contributed by atoms with Crippen molar-refractivity contribution in [2.45, 2.75) is 18.4 Å². The van der Waals surface area contributed by atoms with Gasteiger partial charge in [0.25, 0.3) is 0 Å². The number of hydrogen-bond acceptors (Lipinski definition) is 9. The van der Waals surface area contributed by atoms with Crippen LogP contribution in [-0.2, 0) is 16.4 Å². The molecule has 98 valence electrons. The predicted octanol–water partition coefficient (Wildman–Crippen LogP) is 0.432. The predicted molar refractivity (Wildman–Crippen MR) is 66.0 cm³/mol. The highest BCUT2D eigenvalue weighted by molar-refractivity contribution is 7.91. The van der Waals surface area contributed by atoms with Crippen LogP contribution in [0.2, 0.25) is 0 Å². The second kappa shape index (κ2) is 4.53. The Morgan fingerprint density at radius 2 is 2.22 bits per heavy atom. The van der Waals surface area contributed by atoms with Crippen LogP contribution >= 0.6 is 11.5 Å². The van der Waals surface area contributed by atoms with Crippen LogP contribution in [-0.4, -0.2) is 29.2 Å². The van der Waals surface area contributed by atoms with Crippen molar-refractivity contribution in [3.05, 3.63) is 11.7 Å². The van der Waals surface area contributed by atoms with Crippen molar-refractivity contribution in [1.29, 1.82) is 0 Å². The summed E-state index contributed by atoms with van der Waals surface area (Å²) in [6, 6.07) is 0. The van der Waals surface area contributed by atoms with Gasteiger partial charge in [-0.05, 0) is 11.5 Å². The molecular formula is C8H11N5O3S2. The van der Waals surface area contributed by atoms with Crippen molar-refractivity contribution in [3.63, 3.8) is 0 Å². The van der Waals surface area contributed by atoms with Crippen LogP contribution in [0.3, 0.4) is 0 Å². The second-order valence-electron chi connectivity index (χ2n) is 3.58. The average molecular weight is 289 g/mol. The summed E-state index contributed by atoms with van der Waals surface area (Å²) in [7, 11) is -3.42. The van der Waals surface area contributed by atoms with E-state index in [0.29, 0.717) is 16.7 Å². The van der Waals surface area contributed by atoms with Crippen LogP contribution in [0.15, 0.2) is 9.42 Å². The molecule has 0 spiro atoms. The zero-order valence-electron chi connectivity index (χ0n) is 9.67. The molecule has 0 aliphatic heterocycles. The van der Waals surface area contributed by atoms with Crippen molar-refractivity contribution < 1.29 is 12.9 Å². The molecule has 0 saturated carbocycles. The highest BCUT2D eigenvalue weighted by Gasteiger charge is 2.21. The summed E-state index contributed by atoms with van der Waals surface area (Å²) < 4.78 is 31.7. The zero-order valence-corrected chi connectivity index (χ0v) is 11.3. The first-order valence-corrected chi connectivity index (χ1v) is 7.52. The number of hydrogen-bond donors (Lipinski definition) is 2. The van der Waals surface area contributed by atoms with Crippen molar-refractivity contribution in [3.8, 4) is 0 Å². The van der Waals surface area contributed by atoms with Crippen LogP contribution in [0.25, 0.3) is 0 Å². The van der Waals surface area contributed by atoms with Crippen LogP contribution in [0.1, 0.15) is 11.7 Å². The summed E-state index contributed by atoms with van der Waals surface area (Å²) >= 11 is 0.978. The van der Waals surface area contributed by atoms with Gasteiger partial charge in [-0.3, -0.25) is 0 Å². The molecule has 0 fully saturated rings. The molecule has 0 amide bonds. The van der Waals surface area contributed by atoms with Gasteiger partial charge in [0.2, 0.25) is 5.89 Å². The summed E-state index contributed by atoms with van der Waals surface area (Å²) in [5.41, 5.74) is 5.53. The normalized spacial score (nSPS) is 11.7. The minimum absolute atomic E-state index is 0.00528. The van der Waals surface area contributed by atoms with Gasteiger partial charge in [0.05, 0.1) is 6.54 Å². The van der Waals surface area contributed by atoms with E-state index in [-0.39, 0.29) is 17.3 Å². The van der Waals surface area contributed by atoms with Crippen LogP contribution in [0, 0.1) is 6.92 Å². The lowest BCUT2D eigenvalue weighted by atomic mass is 10.5. The molecule has 2 aromatic heterocycles. The fourth-order valence-electron chi connectivity index (χ4n) is 1.34. The van der Waals surface area contributed by atoms with Gasteiger partial charge < -0.3 is 15.6 Å². The third-order valence-electron chi connectivity index (χ3n) is 2.02. The third kappa shape index (κ3) is 2.59. The smallest absolute Gasteiger partial charge is 0.223 e. The standard InChI is InChI=1S/C8H11N5O3S2/c1-4-11-5(12-16-4)3-10-8-6(18(2,14)15)7(9)13-17-8/h10H,3H2,1-2H3,(H2,9,13). The second-order valence-corrected chi connectivity index (χ2v) is 6.31. The Morgan fingerprint density at radius 3 is 2.78 bits per heavy atom. The lowest BCUT2D eigenvalue weighted by Gasteiger charge is -2.02. The fourth-order valence-corrected chi connectivity index (χ4v) is 3.40. The summed E-state index contributed by atoms with van der Waals surface area (Å²) in [4.78, 5) is 3.99. The van der Waals surface area contributed by atoms with E-state index in [1.54, 1.807) is 6.92 Å². The van der Waals surface area contributed by atoms with Crippen LogP contribution < -0.4 is 11.1 Å². The van der Waals surface area contributed by atoms with E-state index in [1.165, 1.54) is 0 Å². The Labute approximate surface area is 107 Å². The molecule has 0 aliphatic rings. The molecular weight excluding hydrogens is 278 g/mol. The van der Waals surface area contributed by atoms with Gasteiger partial charge >= 0.3 is 0 Å². The molecule has 8 nitrogen and oxygen atoms in total. The Hall–Kier alpha value is -1.68. The SMILES string of the molecule is Cc1nc(CNc2snc(N)c2S(C)(=O)=O)no1. The molecule has 2 heterocycles. The lowest BCUT2D eigenvalue weighted by Crippen LogP contribution is -2.06. The molecule has 3 N–H and O–H groups in total. The summed E-state index contributed by atoms with van der Waals surface area (Å²) in [5.74, 6) is 0.868. The number of anilines is 2. The molecule has 0 saturated heterocycles. The molecule has 0 aliphatic carbocycles. The maximum Gasteiger partial charge on any atom is 0.223 e. The molecule has 0 radical (unpaired) electrons. The number of nitrogens with two attached hydrogens (primary N) is 1. The van der Waals surface area contributed by atoms with Gasteiger partial charge in [-0.1, -0.05) is 5.16 Å². The van der Waals surface area contributed by atoms with E-state index in [1.807, 2.05) is 0 Å². The summed E-state index contributed by atoms with van der Waals surface area (Å²) in [5, 5.41) is 6.94.